The van der Waals surface area contributed by atoms with E-state index in [1.807, 2.05) is 0 Å². The zero-order valence-corrected chi connectivity index (χ0v) is 12.0. The van der Waals surface area contributed by atoms with E-state index >= 15 is 0 Å². The molecule has 0 aliphatic carbocycles. The first-order chi connectivity index (χ1) is 10.4. The molecule has 0 saturated carbocycles. The molecule has 8 heteroatoms. The van der Waals surface area contributed by atoms with E-state index in [2.05, 4.69) is 10.1 Å². The lowest BCUT2D eigenvalue weighted by Gasteiger charge is -2.08. The van der Waals surface area contributed by atoms with E-state index in [-0.39, 0.29) is 28.3 Å². The van der Waals surface area contributed by atoms with Crippen LogP contribution in [-0.4, -0.2) is 30.1 Å². The van der Waals surface area contributed by atoms with Gasteiger partial charge in [0.15, 0.2) is 5.57 Å². The summed E-state index contributed by atoms with van der Waals surface area (Å²) in [4.78, 5) is 34.5. The van der Waals surface area contributed by atoms with Crippen molar-refractivity contribution >= 4 is 40.7 Å². The number of rotatable bonds is 3. The number of fused-ring (bicyclic) bond motifs is 1. The van der Waals surface area contributed by atoms with Crippen LogP contribution in [0.5, 0.6) is 0 Å². The van der Waals surface area contributed by atoms with Gasteiger partial charge in [-0.2, -0.15) is 5.26 Å². The summed E-state index contributed by atoms with van der Waals surface area (Å²) in [5.41, 5.74) is -0.166. The zero-order valence-electron chi connectivity index (χ0n) is 11.3. The molecular weight excluding hydrogens is 312 g/mol. The number of carboxylic acid groups (broad SMARTS) is 1. The SMILES string of the molecule is COC(=O)Cc1cc(Cl)cc2c1NC(=O)/C2=C(/C#N)C(=O)O. The number of hydrogen-bond acceptors (Lipinski definition) is 5. The maximum atomic E-state index is 12.0. The van der Waals surface area contributed by atoms with Crippen LogP contribution >= 0.6 is 11.6 Å². The van der Waals surface area contributed by atoms with Crippen molar-refractivity contribution in [3.8, 4) is 6.07 Å². The molecule has 1 amide bonds. The van der Waals surface area contributed by atoms with Gasteiger partial charge in [0.2, 0.25) is 0 Å². The van der Waals surface area contributed by atoms with Crippen LogP contribution in [0.2, 0.25) is 5.02 Å². The second kappa shape index (κ2) is 5.87. The number of carbonyl (C=O) groups excluding carboxylic acids is 2. The normalized spacial score (nSPS) is 14.7. The average molecular weight is 321 g/mol. The van der Waals surface area contributed by atoms with Crippen molar-refractivity contribution in [2.45, 2.75) is 6.42 Å². The highest BCUT2D eigenvalue weighted by atomic mass is 35.5. The van der Waals surface area contributed by atoms with Crippen LogP contribution < -0.4 is 5.32 Å². The third kappa shape index (κ3) is 2.64. The Morgan fingerprint density at radius 1 is 1.45 bits per heavy atom. The van der Waals surface area contributed by atoms with Crippen LogP contribution in [0.4, 0.5) is 5.69 Å². The fourth-order valence-electron chi connectivity index (χ4n) is 2.13. The number of amides is 1. The van der Waals surface area contributed by atoms with Gasteiger partial charge in [-0.1, -0.05) is 11.6 Å². The molecule has 0 fully saturated rings. The molecule has 0 bridgehead atoms. The van der Waals surface area contributed by atoms with Gasteiger partial charge in [0.1, 0.15) is 6.07 Å². The Bertz CT molecular complexity index is 776. The number of hydrogen-bond donors (Lipinski definition) is 2. The van der Waals surface area contributed by atoms with Gasteiger partial charge < -0.3 is 15.2 Å². The lowest BCUT2D eigenvalue weighted by molar-refractivity contribution is -0.139. The van der Waals surface area contributed by atoms with Gasteiger partial charge in [-0.3, -0.25) is 9.59 Å². The Labute approximate surface area is 129 Å². The number of methoxy groups -OCH3 is 1. The number of ether oxygens (including phenoxy) is 1. The summed E-state index contributed by atoms with van der Waals surface area (Å²) < 4.78 is 4.56. The van der Waals surface area contributed by atoms with Crippen molar-refractivity contribution in [3.63, 3.8) is 0 Å². The van der Waals surface area contributed by atoms with Crippen molar-refractivity contribution in [2.24, 2.45) is 0 Å². The number of halogens is 1. The zero-order chi connectivity index (χ0) is 16.4. The first kappa shape index (κ1) is 15.5. The highest BCUT2D eigenvalue weighted by molar-refractivity contribution is 6.37. The second-order valence-electron chi connectivity index (χ2n) is 4.36. The molecule has 1 aromatic carbocycles. The summed E-state index contributed by atoms with van der Waals surface area (Å²) in [6, 6.07) is 4.32. The molecule has 1 heterocycles. The third-order valence-electron chi connectivity index (χ3n) is 3.06. The van der Waals surface area contributed by atoms with Crippen molar-refractivity contribution < 1.29 is 24.2 Å². The molecule has 1 aromatic rings. The van der Waals surface area contributed by atoms with Crippen LogP contribution in [0.15, 0.2) is 17.7 Å². The van der Waals surface area contributed by atoms with Gasteiger partial charge in [0.25, 0.3) is 5.91 Å². The number of esters is 1. The summed E-state index contributed by atoms with van der Waals surface area (Å²) in [5.74, 6) is -2.80. The van der Waals surface area contributed by atoms with Crippen molar-refractivity contribution in [2.75, 3.05) is 12.4 Å². The molecular formula is C14H9ClN2O5. The summed E-state index contributed by atoms with van der Waals surface area (Å²) in [7, 11) is 1.22. The number of carboxylic acids is 1. The van der Waals surface area contributed by atoms with Crippen LogP contribution in [0.3, 0.4) is 0 Å². The summed E-state index contributed by atoms with van der Waals surface area (Å²) in [6.07, 6.45) is -0.151. The van der Waals surface area contributed by atoms with E-state index in [0.29, 0.717) is 5.56 Å². The molecule has 1 aliphatic heterocycles. The van der Waals surface area contributed by atoms with Crippen molar-refractivity contribution in [3.05, 3.63) is 33.9 Å². The number of nitrogens with one attached hydrogen (secondary N) is 1. The molecule has 2 N–H and O–H groups in total. The van der Waals surface area contributed by atoms with E-state index in [1.54, 1.807) is 0 Å². The number of aliphatic carboxylic acids is 1. The van der Waals surface area contributed by atoms with E-state index in [9.17, 15) is 14.4 Å². The highest BCUT2D eigenvalue weighted by Gasteiger charge is 2.32. The predicted octanol–water partition coefficient (Wildman–Crippen LogP) is 1.37. The average Bonchev–Trinajstić information content (AvgIpc) is 2.76. The van der Waals surface area contributed by atoms with Gasteiger partial charge in [-0.15, -0.1) is 0 Å². The molecule has 22 heavy (non-hydrogen) atoms. The molecule has 2 rings (SSSR count). The number of anilines is 1. The Kier molecular flexibility index (Phi) is 4.15. The smallest absolute Gasteiger partial charge is 0.347 e. The molecule has 0 spiro atoms. The largest absolute Gasteiger partial charge is 0.477 e. The first-order valence-electron chi connectivity index (χ1n) is 5.97. The standard InChI is InChI=1S/C14H9ClN2O5/c1-22-10(18)3-6-2-7(15)4-8-11(9(5-16)14(20)21)13(19)17-12(6)8/h2,4H,3H2,1H3,(H,17,19)(H,20,21)/b11-9-. The molecule has 0 atom stereocenters. The fourth-order valence-corrected chi connectivity index (χ4v) is 2.37. The third-order valence-corrected chi connectivity index (χ3v) is 3.28. The van der Waals surface area contributed by atoms with Gasteiger partial charge in [-0.25, -0.2) is 4.79 Å². The van der Waals surface area contributed by atoms with E-state index in [0.717, 1.165) is 0 Å². The van der Waals surface area contributed by atoms with Gasteiger partial charge in [0, 0.05) is 10.6 Å². The second-order valence-corrected chi connectivity index (χ2v) is 4.80. The monoisotopic (exact) mass is 320 g/mol. The van der Waals surface area contributed by atoms with Crippen LogP contribution in [0.25, 0.3) is 5.57 Å². The van der Waals surface area contributed by atoms with E-state index in [1.165, 1.54) is 25.3 Å². The predicted molar refractivity (Wildman–Crippen MR) is 76.0 cm³/mol. The first-order valence-corrected chi connectivity index (χ1v) is 6.35. The topological polar surface area (TPSA) is 116 Å². The molecule has 0 radical (unpaired) electrons. The van der Waals surface area contributed by atoms with Gasteiger partial charge >= 0.3 is 11.9 Å². The maximum absolute atomic E-state index is 12.0. The molecule has 0 saturated heterocycles. The summed E-state index contributed by atoms with van der Waals surface area (Å²) >= 11 is 5.95. The Balaban J connectivity index is 2.69. The number of nitrogens with zero attached hydrogens (tertiary/aromatic N) is 1. The van der Waals surface area contributed by atoms with E-state index < -0.39 is 23.4 Å². The Morgan fingerprint density at radius 2 is 2.14 bits per heavy atom. The minimum atomic E-state index is -1.52. The fraction of sp³-hybridized carbons (Fsp3) is 0.143. The maximum Gasteiger partial charge on any atom is 0.347 e. The molecule has 0 aromatic heterocycles. The van der Waals surface area contributed by atoms with E-state index in [4.69, 9.17) is 22.0 Å². The Hall–Kier alpha value is -2.85. The summed E-state index contributed by atoms with van der Waals surface area (Å²) in [6.45, 7) is 0. The quantitative estimate of drug-likeness (QED) is 0.493. The lowest BCUT2D eigenvalue weighted by Crippen LogP contribution is -2.11. The van der Waals surface area contributed by atoms with Gasteiger partial charge in [-0.05, 0) is 17.7 Å². The van der Waals surface area contributed by atoms with Crippen LogP contribution in [0.1, 0.15) is 11.1 Å². The molecule has 112 valence electrons. The molecule has 7 nitrogen and oxygen atoms in total. The number of benzene rings is 1. The van der Waals surface area contributed by atoms with Crippen LogP contribution in [0, 0.1) is 11.3 Å². The Morgan fingerprint density at radius 3 is 2.68 bits per heavy atom. The minimum absolute atomic E-state index is 0.151. The van der Waals surface area contributed by atoms with Gasteiger partial charge in [0.05, 0.1) is 24.8 Å². The summed E-state index contributed by atoms with van der Waals surface area (Å²) in [5, 5.41) is 20.6. The highest BCUT2D eigenvalue weighted by Crippen LogP contribution is 2.38. The van der Waals surface area contributed by atoms with Crippen LogP contribution in [-0.2, 0) is 25.5 Å². The molecule has 1 aliphatic rings. The van der Waals surface area contributed by atoms with Crippen molar-refractivity contribution in [1.82, 2.24) is 0 Å². The number of carbonyl (C=O) groups is 3. The lowest BCUT2D eigenvalue weighted by atomic mass is 9.98. The molecule has 0 unspecified atom stereocenters. The number of nitriles is 1. The minimum Gasteiger partial charge on any atom is -0.477 e. The van der Waals surface area contributed by atoms with Crippen molar-refractivity contribution in [1.29, 1.82) is 5.26 Å².